The first kappa shape index (κ1) is 14.9. The molecule has 0 atom stereocenters. The normalized spacial score (nSPS) is 9.95. The molecule has 0 saturated carbocycles. The molecule has 0 saturated heterocycles. The number of hydrogen-bond acceptors (Lipinski definition) is 3. The Bertz CT molecular complexity index is 627. The van der Waals surface area contributed by atoms with Crippen molar-refractivity contribution >= 4 is 5.69 Å². The van der Waals surface area contributed by atoms with Crippen molar-refractivity contribution in [3.8, 4) is 11.8 Å². The third-order valence-corrected chi connectivity index (χ3v) is 3.26. The zero-order valence-electron chi connectivity index (χ0n) is 12.5. The monoisotopic (exact) mass is 280 g/mol. The van der Waals surface area contributed by atoms with Crippen molar-refractivity contribution in [3.05, 3.63) is 59.2 Å². The van der Waals surface area contributed by atoms with Gasteiger partial charge in [0.15, 0.2) is 0 Å². The van der Waals surface area contributed by atoms with Crippen LogP contribution >= 0.6 is 0 Å². The number of ether oxygens (including phenoxy) is 1. The maximum Gasteiger partial charge on any atom is 0.119 e. The Balaban J connectivity index is 2.00. The molecule has 0 aromatic heterocycles. The summed E-state index contributed by atoms with van der Waals surface area (Å²) in [5.41, 5.74) is 3.74. The highest BCUT2D eigenvalue weighted by atomic mass is 16.5. The van der Waals surface area contributed by atoms with Crippen molar-refractivity contribution in [2.24, 2.45) is 0 Å². The molecule has 1 N–H and O–H groups in total. The molecule has 0 amide bonds. The lowest BCUT2D eigenvalue weighted by Gasteiger charge is -2.10. The van der Waals surface area contributed by atoms with Gasteiger partial charge < -0.3 is 10.1 Å². The van der Waals surface area contributed by atoms with Gasteiger partial charge >= 0.3 is 0 Å². The Morgan fingerprint density at radius 1 is 1.14 bits per heavy atom. The minimum atomic E-state index is 0.687. The van der Waals surface area contributed by atoms with Gasteiger partial charge in [0.1, 0.15) is 11.8 Å². The molecule has 0 radical (unpaired) electrons. The number of nitrogens with zero attached hydrogens (tertiary/aromatic N) is 1. The summed E-state index contributed by atoms with van der Waals surface area (Å²) in [6, 6.07) is 16.1. The van der Waals surface area contributed by atoms with Gasteiger partial charge in [-0.15, -0.1) is 0 Å². The fourth-order valence-corrected chi connectivity index (χ4v) is 2.08. The number of aryl methyl sites for hydroxylation is 1. The summed E-state index contributed by atoms with van der Waals surface area (Å²) in [4.78, 5) is 0. The average molecular weight is 280 g/mol. The van der Waals surface area contributed by atoms with Gasteiger partial charge in [0.2, 0.25) is 0 Å². The second-order valence-corrected chi connectivity index (χ2v) is 4.96. The molecule has 2 aromatic rings. The number of anilines is 1. The molecule has 3 heteroatoms. The van der Waals surface area contributed by atoms with Crippen LogP contribution in [0.1, 0.15) is 30.0 Å². The van der Waals surface area contributed by atoms with E-state index in [1.807, 2.05) is 49.4 Å². The predicted molar refractivity (Wildman–Crippen MR) is 85.4 cm³/mol. The van der Waals surface area contributed by atoms with Crippen LogP contribution in [0.15, 0.2) is 42.5 Å². The van der Waals surface area contributed by atoms with Crippen LogP contribution in [-0.4, -0.2) is 6.61 Å². The minimum Gasteiger partial charge on any atom is -0.494 e. The second kappa shape index (κ2) is 7.35. The van der Waals surface area contributed by atoms with Crippen LogP contribution in [0, 0.1) is 18.3 Å². The molecule has 0 unspecified atom stereocenters. The van der Waals surface area contributed by atoms with Gasteiger partial charge in [-0.05, 0) is 42.7 Å². The summed E-state index contributed by atoms with van der Waals surface area (Å²) in [6.07, 6.45) is 1.01. The molecule has 108 valence electrons. The Morgan fingerprint density at radius 2 is 1.90 bits per heavy atom. The van der Waals surface area contributed by atoms with Gasteiger partial charge in [-0.3, -0.25) is 0 Å². The Kier molecular flexibility index (Phi) is 5.22. The molecular formula is C18H20N2O. The first-order valence-corrected chi connectivity index (χ1v) is 7.20. The molecule has 0 fully saturated rings. The summed E-state index contributed by atoms with van der Waals surface area (Å²) in [6.45, 7) is 5.47. The third-order valence-electron chi connectivity index (χ3n) is 3.26. The van der Waals surface area contributed by atoms with E-state index in [9.17, 15) is 5.26 Å². The van der Waals surface area contributed by atoms with Crippen molar-refractivity contribution in [1.29, 1.82) is 5.26 Å². The molecule has 0 spiro atoms. The number of hydrogen-bond donors (Lipinski definition) is 1. The highest BCUT2D eigenvalue weighted by Crippen LogP contribution is 2.20. The zero-order valence-corrected chi connectivity index (χ0v) is 12.5. The van der Waals surface area contributed by atoms with Crippen LogP contribution in [0.4, 0.5) is 5.69 Å². The average Bonchev–Trinajstić information content (AvgIpc) is 2.52. The molecule has 2 rings (SSSR count). The van der Waals surface area contributed by atoms with Crippen LogP contribution in [0.2, 0.25) is 0 Å². The number of nitrogens with one attached hydrogen (secondary N) is 1. The van der Waals surface area contributed by atoms with Gasteiger partial charge in [-0.2, -0.15) is 5.26 Å². The molecule has 0 bridgehead atoms. The first-order valence-electron chi connectivity index (χ1n) is 7.20. The fourth-order valence-electron chi connectivity index (χ4n) is 2.08. The van der Waals surface area contributed by atoms with E-state index in [0.717, 1.165) is 35.6 Å². The second-order valence-electron chi connectivity index (χ2n) is 4.96. The number of benzene rings is 2. The number of nitriles is 1. The lowest BCUT2D eigenvalue weighted by molar-refractivity contribution is 0.317. The Hall–Kier alpha value is -2.47. The van der Waals surface area contributed by atoms with Crippen molar-refractivity contribution in [2.45, 2.75) is 26.8 Å². The van der Waals surface area contributed by atoms with Gasteiger partial charge in [0.05, 0.1) is 17.9 Å². The van der Waals surface area contributed by atoms with Crippen molar-refractivity contribution in [1.82, 2.24) is 0 Å². The fraction of sp³-hybridized carbons (Fsp3) is 0.278. The van der Waals surface area contributed by atoms with Crippen LogP contribution in [0.5, 0.6) is 5.75 Å². The molecule has 2 aromatic carbocycles. The van der Waals surface area contributed by atoms with E-state index < -0.39 is 0 Å². The van der Waals surface area contributed by atoms with Crippen molar-refractivity contribution < 1.29 is 4.74 Å². The molecule has 0 heterocycles. The summed E-state index contributed by atoms with van der Waals surface area (Å²) >= 11 is 0. The highest BCUT2D eigenvalue weighted by molar-refractivity contribution is 5.60. The van der Waals surface area contributed by atoms with E-state index >= 15 is 0 Å². The van der Waals surface area contributed by atoms with E-state index in [4.69, 9.17) is 4.74 Å². The SMILES string of the molecule is CCCOc1ccc(CNc2cccc(C)c2C#N)cc1. The summed E-state index contributed by atoms with van der Waals surface area (Å²) in [7, 11) is 0. The van der Waals surface area contributed by atoms with E-state index in [0.29, 0.717) is 12.1 Å². The Labute approximate surface area is 126 Å². The van der Waals surface area contributed by atoms with Gasteiger partial charge in [0.25, 0.3) is 0 Å². The topological polar surface area (TPSA) is 45.0 Å². The maximum absolute atomic E-state index is 9.21. The van der Waals surface area contributed by atoms with Gasteiger partial charge in [0, 0.05) is 6.54 Å². The van der Waals surface area contributed by atoms with E-state index in [-0.39, 0.29) is 0 Å². The van der Waals surface area contributed by atoms with E-state index in [1.54, 1.807) is 0 Å². The smallest absolute Gasteiger partial charge is 0.119 e. The molecule has 0 aliphatic rings. The highest BCUT2D eigenvalue weighted by Gasteiger charge is 2.04. The summed E-state index contributed by atoms with van der Waals surface area (Å²) in [5, 5.41) is 12.5. The van der Waals surface area contributed by atoms with E-state index in [1.165, 1.54) is 0 Å². The number of rotatable bonds is 6. The Morgan fingerprint density at radius 3 is 2.57 bits per heavy atom. The van der Waals surface area contributed by atoms with Crippen LogP contribution < -0.4 is 10.1 Å². The van der Waals surface area contributed by atoms with Crippen LogP contribution in [0.3, 0.4) is 0 Å². The predicted octanol–water partition coefficient (Wildman–Crippen LogP) is 4.27. The van der Waals surface area contributed by atoms with Crippen LogP contribution in [0.25, 0.3) is 0 Å². The van der Waals surface area contributed by atoms with Crippen molar-refractivity contribution in [3.63, 3.8) is 0 Å². The molecule has 0 aliphatic carbocycles. The molecular weight excluding hydrogens is 260 g/mol. The standard InChI is InChI=1S/C18H20N2O/c1-3-11-21-16-9-7-15(8-10-16)13-20-18-6-4-5-14(2)17(18)12-19/h4-10,20H,3,11,13H2,1-2H3. The maximum atomic E-state index is 9.21. The summed E-state index contributed by atoms with van der Waals surface area (Å²) in [5.74, 6) is 0.897. The lowest BCUT2D eigenvalue weighted by Crippen LogP contribution is -2.02. The lowest BCUT2D eigenvalue weighted by atomic mass is 10.1. The summed E-state index contributed by atoms with van der Waals surface area (Å²) < 4.78 is 5.56. The zero-order chi connectivity index (χ0) is 15.1. The van der Waals surface area contributed by atoms with E-state index in [2.05, 4.69) is 18.3 Å². The minimum absolute atomic E-state index is 0.687. The molecule has 0 aliphatic heterocycles. The molecule has 21 heavy (non-hydrogen) atoms. The third kappa shape index (κ3) is 4.00. The van der Waals surface area contributed by atoms with Crippen LogP contribution in [-0.2, 0) is 6.54 Å². The quantitative estimate of drug-likeness (QED) is 0.859. The van der Waals surface area contributed by atoms with Gasteiger partial charge in [-0.25, -0.2) is 0 Å². The van der Waals surface area contributed by atoms with Gasteiger partial charge in [-0.1, -0.05) is 31.2 Å². The van der Waals surface area contributed by atoms with Crippen molar-refractivity contribution in [2.75, 3.05) is 11.9 Å². The largest absolute Gasteiger partial charge is 0.494 e. The first-order chi connectivity index (χ1) is 10.2. The molecule has 3 nitrogen and oxygen atoms in total.